The molecule has 3 nitrogen and oxygen atoms in total. The average Bonchev–Trinajstić information content (AvgIpc) is 2.40. The van der Waals surface area contributed by atoms with Crippen molar-refractivity contribution in [1.82, 2.24) is 10.4 Å². The highest BCUT2D eigenvalue weighted by molar-refractivity contribution is 6.31. The molecule has 3 N–H and O–H groups in total. The smallest absolute Gasteiger partial charge is 0.127 e. The van der Waals surface area contributed by atoms with Crippen LogP contribution >= 0.6 is 11.6 Å². The summed E-state index contributed by atoms with van der Waals surface area (Å²) in [5.41, 5.74) is 4.91. The van der Waals surface area contributed by atoms with Crippen LogP contribution in [-0.4, -0.2) is 4.98 Å². The molecule has 0 amide bonds. The van der Waals surface area contributed by atoms with Crippen molar-refractivity contribution in [1.29, 1.82) is 0 Å². The summed E-state index contributed by atoms with van der Waals surface area (Å²) < 4.78 is 13.8. The van der Waals surface area contributed by atoms with E-state index in [2.05, 4.69) is 10.4 Å². The minimum Gasteiger partial charge on any atom is -0.271 e. The Labute approximate surface area is 116 Å². The predicted octanol–water partition coefficient (Wildman–Crippen LogP) is 2.93. The van der Waals surface area contributed by atoms with Gasteiger partial charge in [-0.3, -0.25) is 16.3 Å². The zero-order valence-corrected chi connectivity index (χ0v) is 11.3. The highest BCUT2D eigenvalue weighted by atomic mass is 35.5. The third-order valence-corrected chi connectivity index (χ3v) is 3.41. The maximum Gasteiger partial charge on any atom is 0.127 e. The predicted molar refractivity (Wildman–Crippen MR) is 74.2 cm³/mol. The van der Waals surface area contributed by atoms with Crippen LogP contribution in [0.5, 0.6) is 0 Å². The molecule has 5 heteroatoms. The number of nitrogens with two attached hydrogens (primary N) is 1. The maximum absolute atomic E-state index is 13.8. The largest absolute Gasteiger partial charge is 0.271 e. The van der Waals surface area contributed by atoms with Gasteiger partial charge in [-0.25, -0.2) is 4.39 Å². The van der Waals surface area contributed by atoms with E-state index in [9.17, 15) is 4.39 Å². The Balaban J connectivity index is 2.32. The van der Waals surface area contributed by atoms with Crippen LogP contribution in [0.15, 0.2) is 36.5 Å². The number of rotatable bonds is 4. The van der Waals surface area contributed by atoms with Crippen molar-refractivity contribution in [3.05, 3.63) is 64.2 Å². The Morgan fingerprint density at radius 1 is 1.37 bits per heavy atom. The maximum atomic E-state index is 13.8. The van der Waals surface area contributed by atoms with Gasteiger partial charge in [-0.15, -0.1) is 0 Å². The van der Waals surface area contributed by atoms with Crippen molar-refractivity contribution >= 4 is 11.6 Å². The summed E-state index contributed by atoms with van der Waals surface area (Å²) in [5, 5.41) is 0.397. The summed E-state index contributed by atoms with van der Waals surface area (Å²) in [4.78, 5) is 4.30. The Hall–Kier alpha value is -1.49. The molecular weight excluding hydrogens is 265 g/mol. The van der Waals surface area contributed by atoms with E-state index < -0.39 is 0 Å². The van der Waals surface area contributed by atoms with Crippen molar-refractivity contribution < 1.29 is 4.39 Å². The number of benzene rings is 1. The monoisotopic (exact) mass is 279 g/mol. The van der Waals surface area contributed by atoms with Crippen LogP contribution in [0.3, 0.4) is 0 Å². The average molecular weight is 280 g/mol. The SMILES string of the molecule is Cc1cccnc1C(Cc1c(F)cccc1Cl)NN. The molecule has 1 atom stereocenters. The lowest BCUT2D eigenvalue weighted by molar-refractivity contribution is 0.516. The van der Waals surface area contributed by atoms with Crippen molar-refractivity contribution in [2.45, 2.75) is 19.4 Å². The number of pyridine rings is 1. The molecule has 0 spiro atoms. The molecule has 0 radical (unpaired) electrons. The summed E-state index contributed by atoms with van der Waals surface area (Å²) in [7, 11) is 0. The lowest BCUT2D eigenvalue weighted by Gasteiger charge is -2.18. The van der Waals surface area contributed by atoms with E-state index in [0.717, 1.165) is 11.3 Å². The van der Waals surface area contributed by atoms with Gasteiger partial charge in [-0.1, -0.05) is 23.7 Å². The van der Waals surface area contributed by atoms with Crippen LogP contribution in [0, 0.1) is 12.7 Å². The zero-order valence-electron chi connectivity index (χ0n) is 10.5. The first-order chi connectivity index (χ1) is 9.13. The molecule has 19 heavy (non-hydrogen) atoms. The highest BCUT2D eigenvalue weighted by Crippen LogP contribution is 2.25. The Bertz CT molecular complexity index is 554. The standard InChI is InChI=1S/C14H15ClFN3/c1-9-4-3-7-18-14(9)13(19-17)8-10-11(15)5-2-6-12(10)16/h2-7,13,19H,8,17H2,1H3. The highest BCUT2D eigenvalue weighted by Gasteiger charge is 2.18. The third kappa shape index (κ3) is 3.10. The summed E-state index contributed by atoms with van der Waals surface area (Å²) in [5.74, 6) is 5.23. The zero-order chi connectivity index (χ0) is 13.8. The number of hydrogen-bond donors (Lipinski definition) is 2. The fraction of sp³-hybridized carbons (Fsp3) is 0.214. The quantitative estimate of drug-likeness (QED) is 0.668. The van der Waals surface area contributed by atoms with Crippen LogP contribution < -0.4 is 11.3 Å². The molecular formula is C14H15ClFN3. The number of nitrogens with zero attached hydrogens (tertiary/aromatic N) is 1. The van der Waals surface area contributed by atoms with Gasteiger partial charge in [-0.2, -0.15) is 0 Å². The number of halogens is 2. The molecule has 0 aliphatic heterocycles. The molecule has 2 rings (SSSR count). The minimum absolute atomic E-state index is 0.282. The van der Waals surface area contributed by atoms with E-state index in [1.165, 1.54) is 6.07 Å². The Morgan fingerprint density at radius 3 is 2.79 bits per heavy atom. The molecule has 0 saturated heterocycles. The van der Waals surface area contributed by atoms with E-state index in [4.69, 9.17) is 17.4 Å². The third-order valence-electron chi connectivity index (χ3n) is 3.05. The van der Waals surface area contributed by atoms with Gasteiger partial charge in [0.25, 0.3) is 0 Å². The molecule has 1 heterocycles. The summed E-state index contributed by atoms with van der Waals surface area (Å²) in [6, 6.07) is 8.14. The molecule has 0 aliphatic carbocycles. The summed E-state index contributed by atoms with van der Waals surface area (Å²) in [6.45, 7) is 1.94. The van der Waals surface area contributed by atoms with Crippen LogP contribution in [-0.2, 0) is 6.42 Å². The fourth-order valence-corrected chi connectivity index (χ4v) is 2.27. The number of hydrazine groups is 1. The summed E-state index contributed by atoms with van der Waals surface area (Å²) >= 11 is 6.03. The van der Waals surface area contributed by atoms with Gasteiger partial charge < -0.3 is 0 Å². The van der Waals surface area contributed by atoms with Gasteiger partial charge in [0.2, 0.25) is 0 Å². The van der Waals surface area contributed by atoms with Crippen LogP contribution in [0.1, 0.15) is 22.9 Å². The lowest BCUT2D eigenvalue weighted by atomic mass is 10.00. The van der Waals surface area contributed by atoms with E-state index in [1.54, 1.807) is 18.3 Å². The van der Waals surface area contributed by atoms with Crippen LogP contribution in [0.25, 0.3) is 0 Å². The van der Waals surface area contributed by atoms with E-state index in [0.29, 0.717) is 17.0 Å². The van der Waals surface area contributed by atoms with E-state index >= 15 is 0 Å². The second-order valence-corrected chi connectivity index (χ2v) is 4.74. The second kappa shape index (κ2) is 6.10. The van der Waals surface area contributed by atoms with E-state index in [-0.39, 0.29) is 11.9 Å². The first-order valence-electron chi connectivity index (χ1n) is 5.94. The van der Waals surface area contributed by atoms with Crippen LogP contribution in [0.2, 0.25) is 5.02 Å². The Morgan fingerprint density at radius 2 is 2.16 bits per heavy atom. The van der Waals surface area contributed by atoms with Gasteiger partial charge >= 0.3 is 0 Å². The molecule has 0 bridgehead atoms. The molecule has 0 aliphatic rings. The molecule has 1 unspecified atom stereocenters. The first-order valence-corrected chi connectivity index (χ1v) is 6.31. The first kappa shape index (κ1) is 13.9. The Kier molecular flexibility index (Phi) is 4.47. The van der Waals surface area contributed by atoms with Crippen molar-refractivity contribution in [2.24, 2.45) is 5.84 Å². The van der Waals surface area contributed by atoms with Gasteiger partial charge in [0.1, 0.15) is 5.82 Å². The number of aromatic nitrogens is 1. The molecule has 0 saturated carbocycles. The number of nitrogens with one attached hydrogen (secondary N) is 1. The number of aryl methyl sites for hydroxylation is 1. The molecule has 1 aromatic carbocycles. The number of hydrogen-bond acceptors (Lipinski definition) is 3. The van der Waals surface area contributed by atoms with Gasteiger partial charge in [-0.05, 0) is 37.1 Å². The molecule has 0 fully saturated rings. The minimum atomic E-state index is -0.332. The fourth-order valence-electron chi connectivity index (χ4n) is 2.03. The van der Waals surface area contributed by atoms with Crippen LogP contribution in [0.4, 0.5) is 4.39 Å². The molecule has 1 aromatic heterocycles. The normalized spacial score (nSPS) is 12.4. The van der Waals surface area contributed by atoms with Gasteiger partial charge in [0, 0.05) is 16.8 Å². The second-order valence-electron chi connectivity index (χ2n) is 4.33. The molecule has 2 aromatic rings. The molecule has 100 valence electrons. The van der Waals surface area contributed by atoms with Crippen molar-refractivity contribution in [3.8, 4) is 0 Å². The van der Waals surface area contributed by atoms with E-state index in [1.807, 2.05) is 19.1 Å². The van der Waals surface area contributed by atoms with Crippen molar-refractivity contribution in [2.75, 3.05) is 0 Å². The van der Waals surface area contributed by atoms with Crippen molar-refractivity contribution in [3.63, 3.8) is 0 Å². The van der Waals surface area contributed by atoms with Gasteiger partial charge in [0.05, 0.1) is 11.7 Å². The van der Waals surface area contributed by atoms with Gasteiger partial charge in [0.15, 0.2) is 0 Å². The lowest BCUT2D eigenvalue weighted by Crippen LogP contribution is -2.31. The summed E-state index contributed by atoms with van der Waals surface area (Å²) in [6.07, 6.45) is 2.04. The topological polar surface area (TPSA) is 50.9 Å².